The molecule has 0 bridgehead atoms. The molecule has 0 aliphatic carbocycles. The Hall–Kier alpha value is -1.55. The van der Waals surface area contributed by atoms with Crippen molar-refractivity contribution in [1.29, 1.82) is 0 Å². The third-order valence-electron chi connectivity index (χ3n) is 3.49. The van der Waals surface area contributed by atoms with E-state index < -0.39 is 0 Å². The summed E-state index contributed by atoms with van der Waals surface area (Å²) >= 11 is 12.0. The normalized spacial score (nSPS) is 12.0. The number of hydrogen-bond acceptors (Lipinski definition) is 1. The van der Waals surface area contributed by atoms with Crippen molar-refractivity contribution in [3.63, 3.8) is 0 Å². The first kappa shape index (κ1) is 16.8. The van der Waals surface area contributed by atoms with Crippen molar-refractivity contribution >= 4 is 34.8 Å². The molecule has 0 aromatic heterocycles. The van der Waals surface area contributed by atoms with Gasteiger partial charge in [-0.25, -0.2) is 0 Å². The van der Waals surface area contributed by atoms with E-state index in [2.05, 4.69) is 5.32 Å². The van der Waals surface area contributed by atoms with Crippen molar-refractivity contribution in [3.05, 3.63) is 63.6 Å². The third-order valence-corrected chi connectivity index (χ3v) is 4.13. The maximum Gasteiger partial charge on any atom is 0.279 e. The molecule has 0 aliphatic rings. The molecule has 3 nitrogen and oxygen atoms in total. The van der Waals surface area contributed by atoms with Crippen molar-refractivity contribution in [2.45, 2.75) is 19.9 Å². The number of nitrogens with two attached hydrogens (primary N) is 1. The van der Waals surface area contributed by atoms with Crippen LogP contribution in [-0.2, 0) is 4.79 Å². The predicted octanol–water partition coefficient (Wildman–Crippen LogP) is 3.56. The van der Waals surface area contributed by atoms with E-state index in [1.54, 1.807) is 6.07 Å². The van der Waals surface area contributed by atoms with E-state index in [9.17, 15) is 4.79 Å². The van der Waals surface area contributed by atoms with E-state index in [1.165, 1.54) is 0 Å². The quantitative estimate of drug-likeness (QED) is 0.860. The lowest BCUT2D eigenvalue weighted by molar-refractivity contribution is -0.682. The summed E-state index contributed by atoms with van der Waals surface area (Å²) in [7, 11) is 0. The molecule has 0 aliphatic heterocycles. The van der Waals surface area contributed by atoms with E-state index in [0.717, 1.165) is 11.1 Å². The summed E-state index contributed by atoms with van der Waals surface area (Å²) in [5.41, 5.74) is 2.80. The van der Waals surface area contributed by atoms with Crippen LogP contribution in [0.1, 0.15) is 24.1 Å². The number of nitrogens with one attached hydrogen (secondary N) is 1. The molecule has 0 saturated heterocycles. The lowest BCUT2D eigenvalue weighted by Gasteiger charge is -2.12. The van der Waals surface area contributed by atoms with Gasteiger partial charge in [0, 0.05) is 21.3 Å². The van der Waals surface area contributed by atoms with Crippen LogP contribution in [0.5, 0.6) is 0 Å². The van der Waals surface area contributed by atoms with E-state index >= 15 is 0 Å². The Labute approximate surface area is 140 Å². The maximum absolute atomic E-state index is 12.0. The summed E-state index contributed by atoms with van der Waals surface area (Å²) in [5, 5.41) is 6.17. The third kappa shape index (κ3) is 4.73. The van der Waals surface area contributed by atoms with Crippen LogP contribution in [-0.4, -0.2) is 12.5 Å². The van der Waals surface area contributed by atoms with Gasteiger partial charge in [-0.15, -0.1) is 0 Å². The minimum absolute atomic E-state index is 0.0613. The first-order chi connectivity index (χ1) is 10.5. The first-order valence-electron chi connectivity index (χ1n) is 7.10. The highest BCUT2D eigenvalue weighted by molar-refractivity contribution is 6.31. The van der Waals surface area contributed by atoms with Crippen LogP contribution in [0.4, 0.5) is 5.69 Å². The van der Waals surface area contributed by atoms with Gasteiger partial charge in [0.25, 0.3) is 5.91 Å². The van der Waals surface area contributed by atoms with Gasteiger partial charge >= 0.3 is 0 Å². The minimum atomic E-state index is -0.0613. The summed E-state index contributed by atoms with van der Waals surface area (Å²) in [6, 6.07) is 13.3. The number of anilines is 1. The van der Waals surface area contributed by atoms with Gasteiger partial charge in [-0.2, -0.15) is 0 Å². The Morgan fingerprint density at radius 2 is 2.00 bits per heavy atom. The number of benzene rings is 2. The van der Waals surface area contributed by atoms with Crippen molar-refractivity contribution < 1.29 is 10.1 Å². The van der Waals surface area contributed by atoms with Crippen LogP contribution in [0.25, 0.3) is 0 Å². The van der Waals surface area contributed by atoms with E-state index in [-0.39, 0.29) is 11.9 Å². The van der Waals surface area contributed by atoms with Crippen LogP contribution in [0, 0.1) is 6.92 Å². The van der Waals surface area contributed by atoms with Crippen molar-refractivity contribution in [2.24, 2.45) is 0 Å². The van der Waals surface area contributed by atoms with Gasteiger partial charge < -0.3 is 10.6 Å². The Kier molecular flexibility index (Phi) is 5.83. The lowest BCUT2D eigenvalue weighted by Crippen LogP contribution is -2.86. The number of carbonyl (C=O) groups is 1. The highest BCUT2D eigenvalue weighted by atomic mass is 35.5. The van der Waals surface area contributed by atoms with Gasteiger partial charge in [0.1, 0.15) is 6.04 Å². The van der Waals surface area contributed by atoms with Gasteiger partial charge in [-0.05, 0) is 43.7 Å². The van der Waals surface area contributed by atoms with E-state index in [4.69, 9.17) is 23.2 Å². The van der Waals surface area contributed by atoms with Crippen LogP contribution in [0.15, 0.2) is 42.5 Å². The second-order valence-electron chi connectivity index (χ2n) is 5.30. The van der Waals surface area contributed by atoms with Crippen LogP contribution < -0.4 is 10.6 Å². The standard InChI is InChI=1S/C17H18Cl2N2O/c1-11-6-7-15(9-16(11)19)21-17(22)10-20-12(2)13-4-3-5-14(18)8-13/h3-9,12,20H,10H2,1-2H3,(H,21,22)/p+1/t12-/m0/s1. The SMILES string of the molecule is Cc1ccc(NC(=O)C[NH2+][C@@H](C)c2cccc(Cl)c2)cc1Cl. The predicted molar refractivity (Wildman–Crippen MR) is 91.5 cm³/mol. The number of carbonyl (C=O) groups excluding carboxylic acids is 1. The number of halogens is 2. The number of aryl methyl sites for hydroxylation is 1. The zero-order valence-electron chi connectivity index (χ0n) is 12.6. The smallest absolute Gasteiger partial charge is 0.279 e. The summed E-state index contributed by atoms with van der Waals surface area (Å²) in [6.45, 7) is 4.30. The number of hydrogen-bond donors (Lipinski definition) is 2. The molecule has 0 saturated carbocycles. The second kappa shape index (κ2) is 7.63. The average molecular weight is 338 g/mol. The van der Waals surface area contributed by atoms with Gasteiger partial charge in [-0.1, -0.05) is 41.4 Å². The van der Waals surface area contributed by atoms with E-state index in [1.807, 2.05) is 55.6 Å². The zero-order valence-corrected chi connectivity index (χ0v) is 14.1. The largest absolute Gasteiger partial charge is 0.333 e. The highest BCUT2D eigenvalue weighted by Gasteiger charge is 2.12. The van der Waals surface area contributed by atoms with Gasteiger partial charge in [0.2, 0.25) is 0 Å². The monoisotopic (exact) mass is 337 g/mol. The van der Waals surface area contributed by atoms with Crippen molar-refractivity contribution in [1.82, 2.24) is 0 Å². The Morgan fingerprint density at radius 1 is 1.23 bits per heavy atom. The lowest BCUT2D eigenvalue weighted by atomic mass is 10.1. The summed E-state index contributed by atoms with van der Waals surface area (Å²) < 4.78 is 0. The molecular formula is C17H19Cl2N2O+. The average Bonchev–Trinajstić information content (AvgIpc) is 2.48. The van der Waals surface area contributed by atoms with E-state index in [0.29, 0.717) is 22.3 Å². The molecule has 22 heavy (non-hydrogen) atoms. The Balaban J connectivity index is 1.88. The Morgan fingerprint density at radius 3 is 2.68 bits per heavy atom. The molecule has 2 aromatic carbocycles. The fourth-order valence-electron chi connectivity index (χ4n) is 2.09. The molecule has 0 unspecified atom stereocenters. The molecule has 116 valence electrons. The molecular weight excluding hydrogens is 319 g/mol. The van der Waals surface area contributed by atoms with Crippen LogP contribution in [0.3, 0.4) is 0 Å². The number of rotatable bonds is 5. The molecule has 0 spiro atoms. The fraction of sp³-hybridized carbons (Fsp3) is 0.235. The van der Waals surface area contributed by atoms with Crippen molar-refractivity contribution in [3.8, 4) is 0 Å². The van der Waals surface area contributed by atoms with Gasteiger partial charge in [0.15, 0.2) is 6.54 Å². The van der Waals surface area contributed by atoms with Crippen LogP contribution in [0.2, 0.25) is 10.0 Å². The molecule has 3 N–H and O–H groups in total. The summed E-state index contributed by atoms with van der Waals surface area (Å²) in [4.78, 5) is 12.0. The number of amides is 1. The second-order valence-corrected chi connectivity index (χ2v) is 6.14. The Bertz CT molecular complexity index is 673. The maximum atomic E-state index is 12.0. The summed E-state index contributed by atoms with van der Waals surface area (Å²) in [5.74, 6) is -0.0613. The molecule has 2 rings (SSSR count). The highest BCUT2D eigenvalue weighted by Crippen LogP contribution is 2.19. The molecule has 0 heterocycles. The van der Waals surface area contributed by atoms with Gasteiger partial charge in [0.05, 0.1) is 0 Å². The molecule has 0 fully saturated rings. The summed E-state index contributed by atoms with van der Waals surface area (Å²) in [6.07, 6.45) is 0. The minimum Gasteiger partial charge on any atom is -0.333 e. The molecule has 5 heteroatoms. The van der Waals surface area contributed by atoms with Crippen LogP contribution >= 0.6 is 23.2 Å². The molecule has 1 amide bonds. The fourth-order valence-corrected chi connectivity index (χ4v) is 2.47. The first-order valence-corrected chi connectivity index (χ1v) is 7.86. The zero-order chi connectivity index (χ0) is 16.1. The molecule has 1 atom stereocenters. The van der Waals surface area contributed by atoms with Gasteiger partial charge in [-0.3, -0.25) is 4.79 Å². The number of quaternary nitrogens is 1. The molecule has 0 radical (unpaired) electrons. The topological polar surface area (TPSA) is 45.7 Å². The van der Waals surface area contributed by atoms with Crippen molar-refractivity contribution in [2.75, 3.05) is 11.9 Å². The molecule has 2 aromatic rings.